The largest absolute Gasteiger partial charge is 0.452 e. The molecule has 2 rings (SSSR count). The summed E-state index contributed by atoms with van der Waals surface area (Å²) in [6.45, 7) is 5.31. The molecule has 1 N–H and O–H groups in total. The first-order valence-corrected chi connectivity index (χ1v) is 8.33. The molecule has 0 aliphatic heterocycles. The molecule has 144 valence electrons. The first kappa shape index (κ1) is 20.5. The van der Waals surface area contributed by atoms with Gasteiger partial charge in [-0.3, -0.25) is 4.79 Å². The van der Waals surface area contributed by atoms with Crippen molar-refractivity contribution in [2.45, 2.75) is 32.9 Å². The fourth-order valence-corrected chi connectivity index (χ4v) is 2.53. The average molecular weight is 379 g/mol. The Morgan fingerprint density at radius 3 is 2.26 bits per heavy atom. The summed E-state index contributed by atoms with van der Waals surface area (Å²) in [4.78, 5) is 24.0. The van der Waals surface area contributed by atoms with Gasteiger partial charge in [-0.05, 0) is 48.2 Å². The van der Waals surface area contributed by atoms with Gasteiger partial charge in [0.1, 0.15) is 0 Å². The van der Waals surface area contributed by atoms with Crippen LogP contribution in [-0.2, 0) is 15.7 Å². The number of ether oxygens (including phenoxy) is 1. The quantitative estimate of drug-likeness (QED) is 0.749. The third-order valence-electron chi connectivity index (χ3n) is 3.97. The number of anilines is 1. The van der Waals surface area contributed by atoms with E-state index in [1.165, 1.54) is 0 Å². The third kappa shape index (κ3) is 5.32. The molecule has 0 aliphatic carbocycles. The molecule has 2 aromatic rings. The number of halogens is 3. The summed E-state index contributed by atoms with van der Waals surface area (Å²) in [5.74, 6) is -1.20. The van der Waals surface area contributed by atoms with E-state index in [0.29, 0.717) is 5.69 Å². The van der Waals surface area contributed by atoms with E-state index < -0.39 is 30.2 Å². The third-order valence-corrected chi connectivity index (χ3v) is 3.97. The zero-order valence-electron chi connectivity index (χ0n) is 15.2. The summed E-state index contributed by atoms with van der Waals surface area (Å²) in [6, 6.07) is 9.27. The van der Waals surface area contributed by atoms with Crippen LogP contribution in [0.4, 0.5) is 18.9 Å². The van der Waals surface area contributed by atoms with Crippen LogP contribution in [0.1, 0.15) is 46.8 Å². The van der Waals surface area contributed by atoms with Gasteiger partial charge in [-0.1, -0.05) is 32.0 Å². The smallest absolute Gasteiger partial charge is 0.416 e. The summed E-state index contributed by atoms with van der Waals surface area (Å²) in [5.41, 5.74) is 1.58. The Hall–Kier alpha value is -2.83. The van der Waals surface area contributed by atoms with Crippen molar-refractivity contribution in [1.29, 1.82) is 0 Å². The number of carbonyl (C=O) groups is 2. The molecule has 0 unspecified atom stereocenters. The summed E-state index contributed by atoms with van der Waals surface area (Å²) in [7, 11) is 0. The van der Waals surface area contributed by atoms with Gasteiger partial charge < -0.3 is 10.1 Å². The Balaban J connectivity index is 1.99. The number of esters is 1. The molecule has 0 fully saturated rings. The maximum absolute atomic E-state index is 12.5. The Morgan fingerprint density at radius 1 is 1.07 bits per heavy atom. The number of carbonyl (C=O) groups excluding carboxylic acids is 2. The van der Waals surface area contributed by atoms with Crippen LogP contribution in [0.5, 0.6) is 0 Å². The first-order chi connectivity index (χ1) is 12.6. The van der Waals surface area contributed by atoms with Crippen molar-refractivity contribution in [2.75, 3.05) is 11.9 Å². The van der Waals surface area contributed by atoms with Gasteiger partial charge in [-0.15, -0.1) is 0 Å². The van der Waals surface area contributed by atoms with E-state index in [0.717, 1.165) is 35.4 Å². The standard InChI is InChI=1S/C20H20F3NO3/c1-12(2)16-6-4-5-13(3)18(16)24-17(25)11-27-19(26)14-7-9-15(10-8-14)20(21,22)23/h4-10,12H,11H2,1-3H3,(H,24,25). The van der Waals surface area contributed by atoms with E-state index in [-0.39, 0.29) is 11.5 Å². The minimum atomic E-state index is -4.48. The Bertz CT molecular complexity index is 827. The number of rotatable bonds is 5. The molecule has 0 heterocycles. The summed E-state index contributed by atoms with van der Waals surface area (Å²) in [5, 5.41) is 2.73. The average Bonchev–Trinajstić information content (AvgIpc) is 2.60. The lowest BCUT2D eigenvalue weighted by molar-refractivity contribution is -0.137. The van der Waals surface area contributed by atoms with Gasteiger partial charge in [0.25, 0.3) is 5.91 Å². The van der Waals surface area contributed by atoms with Crippen molar-refractivity contribution in [3.8, 4) is 0 Å². The van der Waals surface area contributed by atoms with E-state index in [1.807, 2.05) is 39.0 Å². The number of para-hydroxylation sites is 1. The zero-order chi connectivity index (χ0) is 20.2. The highest BCUT2D eigenvalue weighted by Gasteiger charge is 2.30. The Kier molecular flexibility index (Phi) is 6.25. The van der Waals surface area contributed by atoms with Crippen LogP contribution < -0.4 is 5.32 Å². The number of aryl methyl sites for hydroxylation is 1. The van der Waals surface area contributed by atoms with Crippen molar-refractivity contribution in [3.63, 3.8) is 0 Å². The normalized spacial score (nSPS) is 11.4. The highest BCUT2D eigenvalue weighted by molar-refractivity contribution is 5.96. The molecule has 0 saturated carbocycles. The second kappa shape index (κ2) is 8.24. The fourth-order valence-electron chi connectivity index (χ4n) is 2.53. The molecule has 2 aromatic carbocycles. The molecule has 0 spiro atoms. The molecule has 0 aliphatic rings. The number of amides is 1. The van der Waals surface area contributed by atoms with Gasteiger partial charge in [-0.2, -0.15) is 13.2 Å². The summed E-state index contributed by atoms with van der Waals surface area (Å²) < 4.78 is 42.5. The second-order valence-corrected chi connectivity index (χ2v) is 6.39. The lowest BCUT2D eigenvalue weighted by atomic mass is 9.98. The zero-order valence-corrected chi connectivity index (χ0v) is 15.2. The number of hydrogen-bond acceptors (Lipinski definition) is 3. The topological polar surface area (TPSA) is 55.4 Å². The van der Waals surface area contributed by atoms with Gasteiger partial charge in [0.15, 0.2) is 6.61 Å². The van der Waals surface area contributed by atoms with E-state index >= 15 is 0 Å². The molecule has 0 bridgehead atoms. The minimum absolute atomic E-state index is 0.0606. The van der Waals surface area contributed by atoms with Crippen LogP contribution in [0.3, 0.4) is 0 Å². The van der Waals surface area contributed by atoms with Crippen LogP contribution in [0.25, 0.3) is 0 Å². The van der Waals surface area contributed by atoms with E-state index in [9.17, 15) is 22.8 Å². The van der Waals surface area contributed by atoms with Crippen molar-refractivity contribution in [3.05, 3.63) is 64.7 Å². The highest BCUT2D eigenvalue weighted by Crippen LogP contribution is 2.29. The molecule has 1 amide bonds. The molecular weight excluding hydrogens is 359 g/mol. The van der Waals surface area contributed by atoms with Gasteiger partial charge in [-0.25, -0.2) is 4.79 Å². The summed E-state index contributed by atoms with van der Waals surface area (Å²) in [6.07, 6.45) is -4.48. The van der Waals surface area contributed by atoms with Crippen LogP contribution in [0, 0.1) is 6.92 Å². The summed E-state index contributed by atoms with van der Waals surface area (Å²) >= 11 is 0. The van der Waals surface area contributed by atoms with Gasteiger partial charge in [0, 0.05) is 5.69 Å². The second-order valence-electron chi connectivity index (χ2n) is 6.39. The molecule has 0 aromatic heterocycles. The van der Waals surface area contributed by atoms with E-state index in [4.69, 9.17) is 4.74 Å². The first-order valence-electron chi connectivity index (χ1n) is 8.33. The maximum Gasteiger partial charge on any atom is 0.416 e. The minimum Gasteiger partial charge on any atom is -0.452 e. The van der Waals surface area contributed by atoms with Crippen molar-refractivity contribution in [2.24, 2.45) is 0 Å². The fraction of sp³-hybridized carbons (Fsp3) is 0.300. The van der Waals surface area contributed by atoms with Crippen molar-refractivity contribution >= 4 is 17.6 Å². The molecule has 7 heteroatoms. The number of alkyl halides is 3. The molecule has 27 heavy (non-hydrogen) atoms. The van der Waals surface area contributed by atoms with Crippen LogP contribution >= 0.6 is 0 Å². The molecule has 0 atom stereocenters. The maximum atomic E-state index is 12.5. The van der Waals surface area contributed by atoms with Gasteiger partial charge >= 0.3 is 12.1 Å². The number of hydrogen-bond donors (Lipinski definition) is 1. The molecule has 0 saturated heterocycles. The van der Waals surface area contributed by atoms with Crippen LogP contribution in [-0.4, -0.2) is 18.5 Å². The van der Waals surface area contributed by atoms with Crippen molar-refractivity contribution < 1.29 is 27.5 Å². The van der Waals surface area contributed by atoms with Crippen LogP contribution in [0.2, 0.25) is 0 Å². The van der Waals surface area contributed by atoms with Gasteiger partial charge in [0.05, 0.1) is 11.1 Å². The SMILES string of the molecule is Cc1cccc(C(C)C)c1NC(=O)COC(=O)c1ccc(C(F)(F)F)cc1. The number of benzene rings is 2. The molecule has 4 nitrogen and oxygen atoms in total. The van der Waals surface area contributed by atoms with Crippen LogP contribution in [0.15, 0.2) is 42.5 Å². The Labute approximate surface area is 155 Å². The predicted octanol–water partition coefficient (Wildman–Crippen LogP) is 4.93. The van der Waals surface area contributed by atoms with Gasteiger partial charge in [0.2, 0.25) is 0 Å². The molecule has 0 radical (unpaired) electrons. The predicted molar refractivity (Wildman–Crippen MR) is 95.6 cm³/mol. The number of nitrogens with one attached hydrogen (secondary N) is 1. The highest BCUT2D eigenvalue weighted by atomic mass is 19.4. The van der Waals surface area contributed by atoms with E-state index in [2.05, 4.69) is 5.32 Å². The lowest BCUT2D eigenvalue weighted by Crippen LogP contribution is -2.22. The Morgan fingerprint density at radius 2 is 1.70 bits per heavy atom. The monoisotopic (exact) mass is 379 g/mol. The lowest BCUT2D eigenvalue weighted by Gasteiger charge is -2.16. The van der Waals surface area contributed by atoms with E-state index in [1.54, 1.807) is 0 Å². The van der Waals surface area contributed by atoms with Crippen molar-refractivity contribution in [1.82, 2.24) is 0 Å². The molecular formula is C20H20F3NO3.